The number of halogens is 1. The molecule has 3 nitrogen and oxygen atoms in total. The Morgan fingerprint density at radius 3 is 1.90 bits per heavy atom. The van der Waals surface area contributed by atoms with Crippen molar-refractivity contribution in [3.63, 3.8) is 0 Å². The number of carbonyl (C=O) groups excluding carboxylic acids is 1. The Bertz CT molecular complexity index is 505. The minimum absolute atomic E-state index is 0.232. The lowest BCUT2D eigenvalue weighted by Crippen LogP contribution is -2.40. The number of alkyl halides is 1. The van der Waals surface area contributed by atoms with E-state index in [4.69, 9.17) is 11.6 Å². The third-order valence-electron chi connectivity index (χ3n) is 2.87. The summed E-state index contributed by atoms with van der Waals surface area (Å²) in [4.78, 5) is 14.1. The van der Waals surface area contributed by atoms with Gasteiger partial charge in [0.2, 0.25) is 0 Å². The molecule has 1 N–H and O–H groups in total. The molecule has 0 fully saturated rings. The van der Waals surface area contributed by atoms with E-state index in [1.54, 1.807) is 4.90 Å². The molecule has 4 heteroatoms. The number of anilines is 2. The van der Waals surface area contributed by atoms with E-state index in [0.717, 1.165) is 11.4 Å². The van der Waals surface area contributed by atoms with E-state index in [0.29, 0.717) is 6.42 Å². The van der Waals surface area contributed by atoms with Crippen LogP contribution in [0.5, 0.6) is 0 Å². The largest absolute Gasteiger partial charge is 0.327 e. The van der Waals surface area contributed by atoms with Crippen LogP contribution in [0.1, 0.15) is 13.3 Å². The molecule has 2 rings (SSSR count). The van der Waals surface area contributed by atoms with Crippen molar-refractivity contribution in [1.82, 2.24) is 5.32 Å². The van der Waals surface area contributed by atoms with Gasteiger partial charge in [-0.2, -0.15) is 0 Å². The van der Waals surface area contributed by atoms with Gasteiger partial charge in [0.1, 0.15) is 5.50 Å². The zero-order valence-corrected chi connectivity index (χ0v) is 12.0. The molecule has 0 heterocycles. The van der Waals surface area contributed by atoms with E-state index in [9.17, 15) is 4.79 Å². The number of nitrogens with one attached hydrogen (secondary N) is 1. The fourth-order valence-corrected chi connectivity index (χ4v) is 1.93. The summed E-state index contributed by atoms with van der Waals surface area (Å²) in [6.45, 7) is 1.92. The Balaban J connectivity index is 2.33. The summed E-state index contributed by atoms with van der Waals surface area (Å²) in [5, 5.41) is 2.78. The quantitative estimate of drug-likeness (QED) is 0.651. The van der Waals surface area contributed by atoms with Gasteiger partial charge in [-0.05, 0) is 30.7 Å². The van der Waals surface area contributed by atoms with Gasteiger partial charge in [-0.25, -0.2) is 4.79 Å². The number of amides is 2. The summed E-state index contributed by atoms with van der Waals surface area (Å²) in [7, 11) is 0. The Morgan fingerprint density at radius 1 is 1.05 bits per heavy atom. The topological polar surface area (TPSA) is 32.3 Å². The van der Waals surface area contributed by atoms with Crippen LogP contribution in [0, 0.1) is 0 Å². The van der Waals surface area contributed by atoms with Crippen molar-refractivity contribution in [3.8, 4) is 0 Å². The van der Waals surface area contributed by atoms with Crippen LogP contribution in [0.25, 0.3) is 0 Å². The van der Waals surface area contributed by atoms with E-state index in [-0.39, 0.29) is 11.5 Å². The number of para-hydroxylation sites is 2. The molecular formula is C16H17ClN2O. The highest BCUT2D eigenvalue weighted by Crippen LogP contribution is 2.25. The van der Waals surface area contributed by atoms with Gasteiger partial charge in [-0.1, -0.05) is 54.9 Å². The summed E-state index contributed by atoms with van der Waals surface area (Å²) in [5.74, 6) is 0. The maximum atomic E-state index is 12.4. The summed E-state index contributed by atoms with van der Waals surface area (Å²) in [5.41, 5.74) is 1.23. The van der Waals surface area contributed by atoms with E-state index in [2.05, 4.69) is 5.32 Å². The van der Waals surface area contributed by atoms with Crippen molar-refractivity contribution in [2.45, 2.75) is 18.8 Å². The van der Waals surface area contributed by atoms with E-state index in [1.807, 2.05) is 67.6 Å². The lowest BCUT2D eigenvalue weighted by Gasteiger charge is -2.24. The fourth-order valence-electron chi connectivity index (χ4n) is 1.84. The first kappa shape index (κ1) is 14.4. The number of carbonyl (C=O) groups is 1. The molecule has 0 spiro atoms. The molecule has 2 aromatic carbocycles. The molecule has 1 atom stereocenters. The minimum atomic E-state index is -0.377. The summed E-state index contributed by atoms with van der Waals surface area (Å²) >= 11 is 6.02. The molecule has 0 saturated heterocycles. The van der Waals surface area contributed by atoms with Crippen molar-refractivity contribution >= 4 is 29.0 Å². The molecule has 2 aromatic rings. The number of rotatable bonds is 4. The summed E-state index contributed by atoms with van der Waals surface area (Å²) in [6.07, 6.45) is 0.671. The van der Waals surface area contributed by atoms with Crippen LogP contribution in [0.2, 0.25) is 0 Å². The van der Waals surface area contributed by atoms with E-state index < -0.39 is 0 Å². The Labute approximate surface area is 124 Å². The molecule has 0 aliphatic rings. The van der Waals surface area contributed by atoms with Gasteiger partial charge in [0.15, 0.2) is 0 Å². The normalized spacial score (nSPS) is 11.7. The maximum absolute atomic E-state index is 12.4. The average molecular weight is 289 g/mol. The van der Waals surface area contributed by atoms with Gasteiger partial charge in [0, 0.05) is 0 Å². The second-order valence-electron chi connectivity index (χ2n) is 4.33. The predicted octanol–water partition coefficient (Wildman–Crippen LogP) is 4.51. The third kappa shape index (κ3) is 3.52. The molecule has 0 aliphatic carbocycles. The van der Waals surface area contributed by atoms with Gasteiger partial charge in [-0.15, -0.1) is 0 Å². The number of nitrogens with zero attached hydrogens (tertiary/aromatic N) is 1. The zero-order chi connectivity index (χ0) is 14.4. The molecule has 0 radical (unpaired) electrons. The lowest BCUT2D eigenvalue weighted by molar-refractivity contribution is 0.247. The zero-order valence-electron chi connectivity index (χ0n) is 11.3. The van der Waals surface area contributed by atoms with Crippen molar-refractivity contribution in [2.75, 3.05) is 4.90 Å². The van der Waals surface area contributed by atoms with Gasteiger partial charge in [0.25, 0.3) is 0 Å². The molecule has 20 heavy (non-hydrogen) atoms. The van der Waals surface area contributed by atoms with E-state index >= 15 is 0 Å². The smallest absolute Gasteiger partial charge is 0.321 e. The Morgan fingerprint density at radius 2 is 1.50 bits per heavy atom. The fraction of sp³-hybridized carbons (Fsp3) is 0.188. The van der Waals surface area contributed by atoms with Crippen LogP contribution < -0.4 is 10.2 Å². The van der Waals surface area contributed by atoms with Crippen molar-refractivity contribution < 1.29 is 4.79 Å². The van der Waals surface area contributed by atoms with E-state index in [1.165, 1.54) is 0 Å². The molecule has 2 amide bonds. The lowest BCUT2D eigenvalue weighted by atomic mass is 10.2. The third-order valence-corrected chi connectivity index (χ3v) is 3.29. The SMILES string of the molecule is CCC(Cl)NC(=O)N(c1ccccc1)c1ccccc1. The van der Waals surface area contributed by atoms with Crippen molar-refractivity contribution in [2.24, 2.45) is 0 Å². The highest BCUT2D eigenvalue weighted by molar-refractivity contribution is 6.21. The van der Waals surface area contributed by atoms with Crippen LogP contribution in [0.3, 0.4) is 0 Å². The summed E-state index contributed by atoms with van der Waals surface area (Å²) in [6, 6.07) is 18.8. The highest BCUT2D eigenvalue weighted by Gasteiger charge is 2.19. The van der Waals surface area contributed by atoms with Crippen LogP contribution >= 0.6 is 11.6 Å². The van der Waals surface area contributed by atoms with Crippen LogP contribution in [-0.4, -0.2) is 11.5 Å². The summed E-state index contributed by atoms with van der Waals surface area (Å²) < 4.78 is 0. The second-order valence-corrected chi connectivity index (χ2v) is 4.86. The van der Waals surface area contributed by atoms with Crippen molar-refractivity contribution in [1.29, 1.82) is 0 Å². The van der Waals surface area contributed by atoms with Gasteiger partial charge >= 0.3 is 6.03 Å². The molecule has 0 aromatic heterocycles. The first-order valence-electron chi connectivity index (χ1n) is 6.57. The molecule has 1 unspecified atom stereocenters. The first-order chi connectivity index (χ1) is 9.72. The molecule has 0 saturated carbocycles. The Kier molecular flexibility index (Phi) is 5.02. The number of benzene rings is 2. The van der Waals surface area contributed by atoms with Crippen molar-refractivity contribution in [3.05, 3.63) is 60.7 Å². The average Bonchev–Trinajstić information content (AvgIpc) is 2.49. The van der Waals surface area contributed by atoms with Crippen LogP contribution in [0.15, 0.2) is 60.7 Å². The number of urea groups is 1. The number of hydrogen-bond donors (Lipinski definition) is 1. The van der Waals surface area contributed by atoms with Gasteiger partial charge < -0.3 is 5.32 Å². The van der Waals surface area contributed by atoms with Crippen LogP contribution in [-0.2, 0) is 0 Å². The Hall–Kier alpha value is -2.00. The predicted molar refractivity (Wildman–Crippen MR) is 83.5 cm³/mol. The molecular weight excluding hydrogens is 272 g/mol. The number of hydrogen-bond acceptors (Lipinski definition) is 1. The maximum Gasteiger partial charge on any atom is 0.327 e. The van der Waals surface area contributed by atoms with Gasteiger partial charge in [0.05, 0.1) is 11.4 Å². The monoisotopic (exact) mass is 288 g/mol. The van der Waals surface area contributed by atoms with Gasteiger partial charge in [-0.3, -0.25) is 4.90 Å². The van der Waals surface area contributed by atoms with Crippen LogP contribution in [0.4, 0.5) is 16.2 Å². The minimum Gasteiger partial charge on any atom is -0.321 e. The molecule has 104 valence electrons. The standard InChI is InChI=1S/C16H17ClN2O/c1-2-15(17)18-16(20)19(13-9-5-3-6-10-13)14-11-7-4-8-12-14/h3-12,15H,2H2,1H3,(H,18,20). The highest BCUT2D eigenvalue weighted by atomic mass is 35.5. The molecule has 0 aliphatic heterocycles. The molecule has 0 bridgehead atoms. The second kappa shape index (κ2) is 6.96. The first-order valence-corrected chi connectivity index (χ1v) is 7.00.